The summed E-state index contributed by atoms with van der Waals surface area (Å²) in [7, 11) is 0. The van der Waals surface area contributed by atoms with Crippen LogP contribution < -0.4 is 21.8 Å². The number of carbonyl (C=O) groups excluding carboxylic acids is 2. The van der Waals surface area contributed by atoms with E-state index in [1.54, 1.807) is 36.4 Å². The number of hydrogen-bond donors (Lipinski definition) is 4. The quantitative estimate of drug-likeness (QED) is 0.148. The Morgan fingerprint density at radius 3 is 1.96 bits per heavy atom. The zero-order chi connectivity index (χ0) is 35.9. The topological polar surface area (TPSA) is 182 Å². The van der Waals surface area contributed by atoms with Crippen molar-refractivity contribution in [2.75, 3.05) is 10.6 Å². The highest BCUT2D eigenvalue weighted by atomic mass is 19.1. The Morgan fingerprint density at radius 2 is 1.36 bits per heavy atom. The molecule has 0 fully saturated rings. The summed E-state index contributed by atoms with van der Waals surface area (Å²) < 4.78 is 22.6. The van der Waals surface area contributed by atoms with Gasteiger partial charge >= 0.3 is 0 Å². The van der Waals surface area contributed by atoms with Gasteiger partial charge in [0.15, 0.2) is 5.82 Å². The number of halogens is 1. The van der Waals surface area contributed by atoms with Crippen LogP contribution >= 0.6 is 0 Å². The SMILES string of the molecule is CC(C)Cn1c(=O)c(C(=O)Nc2ccon2)c(O)c2cc(-c3cc(F)cc(NC(=O)c4c(O)c5ccccc5n(CC(C)C)c4=O)n3)ccc21. The van der Waals surface area contributed by atoms with Crippen molar-refractivity contribution in [3.05, 3.63) is 105 Å². The van der Waals surface area contributed by atoms with Gasteiger partial charge in [-0.2, -0.15) is 0 Å². The Bertz CT molecular complexity index is 2420. The van der Waals surface area contributed by atoms with E-state index in [9.17, 15) is 29.4 Å². The van der Waals surface area contributed by atoms with Crippen LogP contribution in [0, 0.1) is 17.7 Å². The smallest absolute Gasteiger partial charge is 0.267 e. The first-order valence-corrected chi connectivity index (χ1v) is 15.8. The predicted octanol–water partition coefficient (Wildman–Crippen LogP) is 5.73. The van der Waals surface area contributed by atoms with Crippen LogP contribution in [0.15, 0.2) is 81.0 Å². The van der Waals surface area contributed by atoms with Gasteiger partial charge in [-0.1, -0.05) is 51.1 Å². The zero-order valence-electron chi connectivity index (χ0n) is 27.5. The number of aromatic hydroxyl groups is 2. The molecule has 4 heterocycles. The van der Waals surface area contributed by atoms with Gasteiger partial charge in [-0.25, -0.2) is 9.37 Å². The lowest BCUT2D eigenvalue weighted by Gasteiger charge is -2.17. The molecule has 14 heteroatoms. The van der Waals surface area contributed by atoms with Gasteiger partial charge in [-0.3, -0.25) is 19.2 Å². The van der Waals surface area contributed by atoms with Crippen molar-refractivity contribution in [2.45, 2.75) is 40.8 Å². The number of carbonyl (C=O) groups is 2. The number of aromatic nitrogens is 4. The number of fused-ring (bicyclic) bond motifs is 2. The van der Waals surface area contributed by atoms with Crippen LogP contribution in [0.3, 0.4) is 0 Å². The first-order valence-electron chi connectivity index (χ1n) is 15.8. The third kappa shape index (κ3) is 6.30. The molecule has 256 valence electrons. The van der Waals surface area contributed by atoms with Gasteiger partial charge in [0.05, 0.1) is 16.7 Å². The van der Waals surface area contributed by atoms with E-state index in [1.165, 1.54) is 27.5 Å². The van der Waals surface area contributed by atoms with Crippen molar-refractivity contribution in [3.8, 4) is 22.8 Å². The maximum Gasteiger partial charge on any atom is 0.267 e. The van der Waals surface area contributed by atoms with Crippen molar-refractivity contribution < 1.29 is 28.7 Å². The van der Waals surface area contributed by atoms with E-state index >= 15 is 4.39 Å². The third-order valence-corrected chi connectivity index (χ3v) is 7.94. The number of pyridine rings is 3. The summed E-state index contributed by atoms with van der Waals surface area (Å²) in [5.74, 6) is -4.00. The summed E-state index contributed by atoms with van der Waals surface area (Å²) in [4.78, 5) is 58.1. The molecular formula is C36H33FN6O7. The van der Waals surface area contributed by atoms with Crippen LogP contribution in [0.25, 0.3) is 33.1 Å². The predicted molar refractivity (Wildman–Crippen MR) is 185 cm³/mol. The average molecular weight is 681 g/mol. The maximum absolute atomic E-state index is 15.1. The first kappa shape index (κ1) is 33.6. The molecule has 0 saturated heterocycles. The molecule has 2 aromatic carbocycles. The molecule has 0 aliphatic carbocycles. The molecule has 0 spiro atoms. The Hall–Kier alpha value is -6.31. The fourth-order valence-corrected chi connectivity index (χ4v) is 5.84. The highest BCUT2D eigenvalue weighted by molar-refractivity contribution is 6.10. The third-order valence-electron chi connectivity index (χ3n) is 7.94. The minimum Gasteiger partial charge on any atom is -0.506 e. The second-order valence-corrected chi connectivity index (χ2v) is 12.7. The highest BCUT2D eigenvalue weighted by Gasteiger charge is 2.26. The lowest BCUT2D eigenvalue weighted by molar-refractivity contribution is 0.101. The lowest BCUT2D eigenvalue weighted by atomic mass is 10.0. The average Bonchev–Trinajstić information content (AvgIpc) is 3.57. The van der Waals surface area contributed by atoms with Crippen molar-refractivity contribution >= 4 is 45.3 Å². The second-order valence-electron chi connectivity index (χ2n) is 12.7. The van der Waals surface area contributed by atoms with Gasteiger partial charge in [0.25, 0.3) is 22.9 Å². The number of amides is 2. The van der Waals surface area contributed by atoms with E-state index in [0.29, 0.717) is 16.4 Å². The van der Waals surface area contributed by atoms with Gasteiger partial charge in [-0.05, 0) is 36.1 Å². The van der Waals surface area contributed by atoms with E-state index < -0.39 is 51.4 Å². The maximum atomic E-state index is 15.1. The molecule has 0 saturated carbocycles. The number of rotatable bonds is 9. The number of nitrogens with one attached hydrogen (secondary N) is 2. The summed E-state index contributed by atoms with van der Waals surface area (Å²) in [6, 6.07) is 14.6. The fourth-order valence-electron chi connectivity index (χ4n) is 5.84. The second kappa shape index (κ2) is 13.3. The van der Waals surface area contributed by atoms with Crippen LogP contribution in [0.5, 0.6) is 11.5 Å². The Kier molecular flexibility index (Phi) is 8.93. The summed E-state index contributed by atoms with van der Waals surface area (Å²) in [5.41, 5.74) is -1.42. The summed E-state index contributed by atoms with van der Waals surface area (Å²) >= 11 is 0. The van der Waals surface area contributed by atoms with E-state index in [4.69, 9.17) is 4.52 Å². The van der Waals surface area contributed by atoms with Crippen LogP contribution in [-0.2, 0) is 13.1 Å². The largest absolute Gasteiger partial charge is 0.506 e. The molecule has 6 rings (SSSR count). The van der Waals surface area contributed by atoms with Gasteiger partial charge in [0.1, 0.15) is 40.5 Å². The summed E-state index contributed by atoms with van der Waals surface area (Å²) in [6.07, 6.45) is 1.23. The molecule has 2 amide bonds. The number of nitrogens with zero attached hydrogens (tertiary/aromatic N) is 4. The van der Waals surface area contributed by atoms with E-state index in [1.807, 2.05) is 27.7 Å². The van der Waals surface area contributed by atoms with Gasteiger partial charge < -0.3 is 34.5 Å². The van der Waals surface area contributed by atoms with Crippen LogP contribution in [0.4, 0.5) is 16.0 Å². The monoisotopic (exact) mass is 680 g/mol. The molecule has 0 aliphatic heterocycles. The van der Waals surface area contributed by atoms with E-state index in [0.717, 1.165) is 12.1 Å². The number of para-hydroxylation sites is 1. The number of benzene rings is 2. The number of anilines is 2. The van der Waals surface area contributed by atoms with Crippen molar-refractivity contribution in [2.24, 2.45) is 11.8 Å². The first-order chi connectivity index (χ1) is 23.8. The van der Waals surface area contributed by atoms with Crippen molar-refractivity contribution in [1.82, 2.24) is 19.3 Å². The molecule has 13 nitrogen and oxygen atoms in total. The molecule has 6 aromatic rings. The van der Waals surface area contributed by atoms with E-state index in [-0.39, 0.29) is 53.2 Å². The zero-order valence-corrected chi connectivity index (χ0v) is 27.5. The standard InChI is InChI=1S/C36H33FN6O7/c1-18(2)16-42-25-8-6-5-7-22(25)31(44)29(35(42)48)34(47)40-28-15-21(37)14-24(38-28)20-9-10-26-23(13-20)32(45)30(36(49)43(26)17-19(3)4)33(46)39-27-11-12-50-41-27/h5-15,18-19,44-45H,16-17H2,1-4H3,(H,38,40,47)(H,39,41,46). The molecule has 0 radical (unpaired) electrons. The van der Waals surface area contributed by atoms with E-state index in [2.05, 4.69) is 20.8 Å². The fraction of sp³-hybridized carbons (Fsp3) is 0.222. The van der Waals surface area contributed by atoms with Gasteiger partial charge in [0, 0.05) is 47.6 Å². The van der Waals surface area contributed by atoms with Gasteiger partial charge in [0.2, 0.25) is 0 Å². The Labute approximate surface area is 283 Å². The molecule has 0 unspecified atom stereocenters. The van der Waals surface area contributed by atoms with Crippen LogP contribution in [0.1, 0.15) is 48.4 Å². The number of hydrogen-bond acceptors (Lipinski definition) is 9. The normalized spacial score (nSPS) is 11.5. The van der Waals surface area contributed by atoms with Crippen molar-refractivity contribution in [1.29, 1.82) is 0 Å². The summed E-state index contributed by atoms with van der Waals surface area (Å²) in [6.45, 7) is 8.10. The molecule has 4 aromatic heterocycles. The molecular weight excluding hydrogens is 647 g/mol. The highest BCUT2D eigenvalue weighted by Crippen LogP contribution is 2.33. The minimum atomic E-state index is -0.989. The Balaban J connectivity index is 1.42. The van der Waals surface area contributed by atoms with Crippen LogP contribution in [0.2, 0.25) is 0 Å². The molecule has 0 aliphatic rings. The summed E-state index contributed by atoms with van der Waals surface area (Å²) in [5, 5.41) is 31.2. The lowest BCUT2D eigenvalue weighted by Crippen LogP contribution is -2.31. The van der Waals surface area contributed by atoms with Crippen LogP contribution in [-0.4, -0.2) is 41.3 Å². The van der Waals surface area contributed by atoms with Gasteiger partial charge in [-0.15, -0.1) is 0 Å². The molecule has 0 bridgehead atoms. The van der Waals surface area contributed by atoms with Crippen molar-refractivity contribution in [3.63, 3.8) is 0 Å². The minimum absolute atomic E-state index is 0.0147. The Morgan fingerprint density at radius 1 is 0.780 bits per heavy atom. The molecule has 0 atom stereocenters. The molecule has 50 heavy (non-hydrogen) atoms. The molecule has 4 N–H and O–H groups in total.